The Balaban J connectivity index is 1.58. The number of thioether (sulfide) groups is 4. The van der Waals surface area contributed by atoms with Gasteiger partial charge in [-0.15, -0.1) is 47.0 Å². The van der Waals surface area contributed by atoms with Gasteiger partial charge in [-0.1, -0.05) is 57.8 Å². The standard InChI is InChI=1S/C22H40S4/c1-2-4-6-8-13-21(23-17-11-18-24-21)15-10-16-22(14-9-7-5-3-1)25-19-12-20-26-22/h1-20H2. The van der Waals surface area contributed by atoms with Crippen molar-refractivity contribution < 1.29 is 0 Å². The fourth-order valence-corrected chi connectivity index (χ4v) is 11.7. The zero-order valence-electron chi connectivity index (χ0n) is 16.8. The molecule has 0 bridgehead atoms. The van der Waals surface area contributed by atoms with Gasteiger partial charge in [-0.05, 0) is 68.0 Å². The van der Waals surface area contributed by atoms with E-state index in [0.29, 0.717) is 8.16 Å². The van der Waals surface area contributed by atoms with Crippen LogP contribution in [-0.2, 0) is 0 Å². The van der Waals surface area contributed by atoms with E-state index in [1.807, 2.05) is 0 Å². The van der Waals surface area contributed by atoms with Crippen molar-refractivity contribution in [1.29, 1.82) is 0 Å². The quantitative estimate of drug-likeness (QED) is 0.375. The van der Waals surface area contributed by atoms with E-state index in [-0.39, 0.29) is 0 Å². The van der Waals surface area contributed by atoms with E-state index >= 15 is 0 Å². The maximum atomic E-state index is 2.34. The number of hydrogen-bond acceptors (Lipinski definition) is 4. The molecule has 3 fully saturated rings. The lowest BCUT2D eigenvalue weighted by Gasteiger charge is -2.40. The van der Waals surface area contributed by atoms with E-state index in [2.05, 4.69) is 47.0 Å². The Kier molecular flexibility index (Phi) is 10.3. The van der Waals surface area contributed by atoms with Gasteiger partial charge in [0.15, 0.2) is 0 Å². The van der Waals surface area contributed by atoms with Gasteiger partial charge >= 0.3 is 0 Å². The zero-order chi connectivity index (χ0) is 18.0. The monoisotopic (exact) mass is 432 g/mol. The molecule has 0 aromatic carbocycles. The lowest BCUT2D eigenvalue weighted by Crippen LogP contribution is -2.29. The summed E-state index contributed by atoms with van der Waals surface area (Å²) in [5.74, 6) is 5.67. The number of hydrogen-bond donors (Lipinski definition) is 0. The topological polar surface area (TPSA) is 0 Å². The fraction of sp³-hybridized carbons (Fsp3) is 1.00. The van der Waals surface area contributed by atoms with E-state index in [1.165, 1.54) is 126 Å². The van der Waals surface area contributed by atoms with Crippen LogP contribution in [0.2, 0.25) is 0 Å². The first-order valence-electron chi connectivity index (χ1n) is 11.4. The summed E-state index contributed by atoms with van der Waals surface area (Å²) >= 11 is 9.35. The van der Waals surface area contributed by atoms with Crippen molar-refractivity contribution in [1.82, 2.24) is 0 Å². The van der Waals surface area contributed by atoms with E-state index in [1.54, 1.807) is 0 Å². The van der Waals surface area contributed by atoms with Crippen LogP contribution >= 0.6 is 47.0 Å². The fourth-order valence-electron chi connectivity index (χ4n) is 4.71. The first-order valence-corrected chi connectivity index (χ1v) is 15.3. The van der Waals surface area contributed by atoms with E-state index in [9.17, 15) is 0 Å². The molecule has 0 aromatic rings. The summed E-state index contributed by atoms with van der Waals surface area (Å²) in [7, 11) is 0. The Bertz CT molecular complexity index is 338. The van der Waals surface area contributed by atoms with E-state index in [0.717, 1.165) is 0 Å². The molecule has 1 aliphatic carbocycles. The summed E-state index contributed by atoms with van der Waals surface area (Å²) in [5.41, 5.74) is 0. The number of rotatable bonds is 0. The Morgan fingerprint density at radius 1 is 0.308 bits per heavy atom. The Hall–Kier alpha value is 1.40. The van der Waals surface area contributed by atoms with Crippen LogP contribution in [0, 0.1) is 0 Å². The van der Waals surface area contributed by atoms with Gasteiger partial charge in [0.2, 0.25) is 0 Å². The minimum atomic E-state index is 0.584. The molecule has 4 heteroatoms. The molecule has 2 spiro atoms. The lowest BCUT2D eigenvalue weighted by atomic mass is 10.00. The van der Waals surface area contributed by atoms with Gasteiger partial charge in [0.1, 0.15) is 0 Å². The normalized spacial score (nSPS) is 29.5. The third-order valence-corrected chi connectivity index (χ3v) is 13.4. The molecule has 152 valence electrons. The van der Waals surface area contributed by atoms with Crippen molar-refractivity contribution >= 4 is 47.0 Å². The molecule has 3 aliphatic rings. The van der Waals surface area contributed by atoms with Crippen molar-refractivity contribution in [3.63, 3.8) is 0 Å². The molecule has 0 N–H and O–H groups in total. The molecule has 0 unspecified atom stereocenters. The molecule has 0 atom stereocenters. The summed E-state index contributed by atoms with van der Waals surface area (Å²) < 4.78 is 1.17. The molecule has 1 saturated carbocycles. The van der Waals surface area contributed by atoms with Gasteiger partial charge in [-0.2, -0.15) is 0 Å². The maximum Gasteiger partial charge on any atom is 0.0611 e. The van der Waals surface area contributed by atoms with Crippen molar-refractivity contribution in [3.8, 4) is 0 Å². The van der Waals surface area contributed by atoms with Crippen LogP contribution in [0.1, 0.15) is 103 Å². The Morgan fingerprint density at radius 3 is 1.00 bits per heavy atom. The Labute approximate surface area is 180 Å². The van der Waals surface area contributed by atoms with E-state index < -0.39 is 0 Å². The smallest absolute Gasteiger partial charge is 0.0611 e. The van der Waals surface area contributed by atoms with Crippen LogP contribution in [0.25, 0.3) is 0 Å². The third-order valence-electron chi connectivity index (χ3n) is 6.27. The second kappa shape index (κ2) is 12.2. The molecule has 2 heterocycles. The molecule has 26 heavy (non-hydrogen) atoms. The molecule has 0 nitrogen and oxygen atoms in total. The molecule has 2 aliphatic heterocycles. The van der Waals surface area contributed by atoms with Crippen molar-refractivity contribution in [3.05, 3.63) is 0 Å². The van der Waals surface area contributed by atoms with Crippen LogP contribution in [0.4, 0.5) is 0 Å². The summed E-state index contributed by atoms with van der Waals surface area (Å²) in [6.07, 6.45) is 23.6. The predicted octanol–water partition coefficient (Wildman–Crippen LogP) is 8.59. The van der Waals surface area contributed by atoms with Crippen molar-refractivity contribution in [2.24, 2.45) is 0 Å². The lowest BCUT2D eigenvalue weighted by molar-refractivity contribution is 0.492. The summed E-state index contributed by atoms with van der Waals surface area (Å²) in [6, 6.07) is 0. The highest BCUT2D eigenvalue weighted by atomic mass is 32.2. The molecular weight excluding hydrogens is 393 g/mol. The largest absolute Gasteiger partial charge is 0.144 e. The van der Waals surface area contributed by atoms with Crippen LogP contribution < -0.4 is 0 Å². The maximum absolute atomic E-state index is 2.34. The second-order valence-corrected chi connectivity index (χ2v) is 14.9. The molecule has 3 rings (SSSR count). The summed E-state index contributed by atoms with van der Waals surface area (Å²) in [5, 5.41) is 0. The van der Waals surface area contributed by atoms with Crippen LogP contribution in [0.5, 0.6) is 0 Å². The zero-order valence-corrected chi connectivity index (χ0v) is 20.0. The van der Waals surface area contributed by atoms with Gasteiger partial charge in [-0.25, -0.2) is 0 Å². The SMILES string of the molecule is C1CCCCCC2(CCCC3(CCCCC1)SCCCS3)SCCCS2. The molecule has 0 aromatic heterocycles. The molecular formula is C22H40S4. The van der Waals surface area contributed by atoms with Crippen molar-refractivity contribution in [2.45, 2.75) is 111 Å². The first-order chi connectivity index (χ1) is 12.8. The summed E-state index contributed by atoms with van der Waals surface area (Å²) in [6.45, 7) is 0. The molecule has 0 radical (unpaired) electrons. The van der Waals surface area contributed by atoms with Gasteiger partial charge in [0.05, 0.1) is 8.16 Å². The highest BCUT2D eigenvalue weighted by Gasteiger charge is 2.36. The van der Waals surface area contributed by atoms with Crippen LogP contribution in [0.15, 0.2) is 0 Å². The van der Waals surface area contributed by atoms with Gasteiger partial charge in [0, 0.05) is 0 Å². The molecule has 0 amide bonds. The van der Waals surface area contributed by atoms with Crippen LogP contribution in [0.3, 0.4) is 0 Å². The highest BCUT2D eigenvalue weighted by molar-refractivity contribution is 8.19. The van der Waals surface area contributed by atoms with Crippen LogP contribution in [-0.4, -0.2) is 31.2 Å². The van der Waals surface area contributed by atoms with Gasteiger partial charge < -0.3 is 0 Å². The second-order valence-electron chi connectivity index (χ2n) is 8.46. The van der Waals surface area contributed by atoms with E-state index in [4.69, 9.17) is 0 Å². The minimum Gasteiger partial charge on any atom is -0.144 e. The molecule has 2 saturated heterocycles. The average molecular weight is 433 g/mol. The van der Waals surface area contributed by atoms with Crippen molar-refractivity contribution in [2.75, 3.05) is 23.0 Å². The minimum absolute atomic E-state index is 0.584. The average Bonchev–Trinajstić information content (AvgIpc) is 2.67. The third kappa shape index (κ3) is 7.34. The summed E-state index contributed by atoms with van der Waals surface area (Å²) in [4.78, 5) is 0. The first kappa shape index (κ1) is 22.1. The van der Waals surface area contributed by atoms with Gasteiger partial charge in [0.25, 0.3) is 0 Å². The Morgan fingerprint density at radius 2 is 0.615 bits per heavy atom. The highest BCUT2D eigenvalue weighted by Crippen LogP contribution is 2.53. The van der Waals surface area contributed by atoms with Gasteiger partial charge in [-0.3, -0.25) is 0 Å². The predicted molar refractivity (Wildman–Crippen MR) is 129 cm³/mol.